The second-order valence-electron chi connectivity index (χ2n) is 6.00. The van der Waals surface area contributed by atoms with E-state index in [1.165, 1.54) is 11.8 Å². The molecule has 7 heteroatoms. The van der Waals surface area contributed by atoms with E-state index in [0.717, 1.165) is 26.1 Å². The molecule has 0 aliphatic carbocycles. The monoisotopic (exact) mass is 383 g/mol. The van der Waals surface area contributed by atoms with Crippen LogP contribution in [0.15, 0.2) is 57.3 Å². The molecule has 0 atom stereocenters. The van der Waals surface area contributed by atoms with Crippen LogP contribution in [0.1, 0.15) is 26.3 Å². The van der Waals surface area contributed by atoms with E-state index in [-0.39, 0.29) is 11.8 Å². The van der Waals surface area contributed by atoms with Gasteiger partial charge in [-0.2, -0.15) is 0 Å². The molecule has 0 fully saturated rings. The van der Waals surface area contributed by atoms with E-state index in [1.54, 1.807) is 17.8 Å². The Hall–Kier alpha value is -2.38. The van der Waals surface area contributed by atoms with Gasteiger partial charge in [0, 0.05) is 26.5 Å². The summed E-state index contributed by atoms with van der Waals surface area (Å²) in [5, 5.41) is 8.99. The maximum Gasteiger partial charge on any atom is 0.256 e. The van der Waals surface area contributed by atoms with Gasteiger partial charge in [0.25, 0.3) is 11.8 Å². The van der Waals surface area contributed by atoms with Gasteiger partial charge < -0.3 is 16.0 Å². The van der Waals surface area contributed by atoms with E-state index in [4.69, 9.17) is 0 Å². The molecule has 0 spiro atoms. The lowest BCUT2D eigenvalue weighted by molar-refractivity contribution is 0.0955. The molecule has 4 rings (SSSR count). The number of carbonyl (C=O) groups excluding carboxylic acids is 2. The van der Waals surface area contributed by atoms with Crippen molar-refractivity contribution in [3.8, 4) is 0 Å². The Labute approximate surface area is 160 Å². The molecular weight excluding hydrogens is 366 g/mol. The highest BCUT2D eigenvalue weighted by atomic mass is 32.2. The minimum absolute atomic E-state index is 0.139. The average molecular weight is 383 g/mol. The Balaban J connectivity index is 1.61. The average Bonchev–Trinajstić information content (AvgIpc) is 3.11. The SMILES string of the molecule is Cc1cc2c(cc1C(=O)NCC1=CNCS1)NC(=O)c1ccccc1S2. The third-order valence-electron chi connectivity index (χ3n) is 4.20. The zero-order valence-electron chi connectivity index (χ0n) is 14.1. The number of rotatable bonds is 3. The van der Waals surface area contributed by atoms with E-state index < -0.39 is 0 Å². The van der Waals surface area contributed by atoms with Crippen LogP contribution in [0, 0.1) is 6.92 Å². The zero-order valence-corrected chi connectivity index (χ0v) is 15.7. The molecule has 3 N–H and O–H groups in total. The van der Waals surface area contributed by atoms with Gasteiger partial charge in [-0.15, -0.1) is 11.8 Å². The van der Waals surface area contributed by atoms with E-state index in [2.05, 4.69) is 16.0 Å². The number of aryl methyl sites for hydroxylation is 1. The molecule has 0 aromatic heterocycles. The largest absolute Gasteiger partial charge is 0.381 e. The van der Waals surface area contributed by atoms with E-state index in [9.17, 15) is 9.59 Å². The summed E-state index contributed by atoms with van der Waals surface area (Å²) < 4.78 is 0. The summed E-state index contributed by atoms with van der Waals surface area (Å²) in [4.78, 5) is 28.1. The highest BCUT2D eigenvalue weighted by Crippen LogP contribution is 2.40. The molecule has 2 aromatic rings. The van der Waals surface area contributed by atoms with Gasteiger partial charge in [-0.3, -0.25) is 9.59 Å². The van der Waals surface area contributed by atoms with Gasteiger partial charge in [-0.05, 0) is 36.8 Å². The molecule has 0 saturated carbocycles. The van der Waals surface area contributed by atoms with Gasteiger partial charge in [0.05, 0.1) is 23.7 Å². The first-order valence-electron chi connectivity index (χ1n) is 8.18. The van der Waals surface area contributed by atoms with Gasteiger partial charge in [-0.1, -0.05) is 23.9 Å². The fraction of sp³-hybridized carbons (Fsp3) is 0.158. The Morgan fingerprint density at radius 2 is 2.08 bits per heavy atom. The number of benzene rings is 2. The van der Waals surface area contributed by atoms with Crippen LogP contribution in [-0.4, -0.2) is 24.2 Å². The first kappa shape index (κ1) is 17.1. The molecule has 2 heterocycles. The van der Waals surface area contributed by atoms with Crippen molar-refractivity contribution in [1.29, 1.82) is 0 Å². The lowest BCUT2D eigenvalue weighted by Crippen LogP contribution is -2.26. The number of nitrogens with one attached hydrogen (secondary N) is 3. The topological polar surface area (TPSA) is 70.2 Å². The summed E-state index contributed by atoms with van der Waals surface area (Å²) in [6.07, 6.45) is 1.92. The van der Waals surface area contributed by atoms with Crippen molar-refractivity contribution >= 4 is 41.0 Å². The van der Waals surface area contributed by atoms with Gasteiger partial charge in [0.1, 0.15) is 0 Å². The first-order valence-corrected chi connectivity index (χ1v) is 9.98. The highest BCUT2D eigenvalue weighted by molar-refractivity contribution is 8.03. The van der Waals surface area contributed by atoms with Crippen molar-refractivity contribution in [2.75, 3.05) is 17.7 Å². The molecule has 2 aliphatic rings. The number of fused-ring (bicyclic) bond motifs is 2. The Morgan fingerprint density at radius 3 is 2.88 bits per heavy atom. The summed E-state index contributed by atoms with van der Waals surface area (Å²) in [7, 11) is 0. The Kier molecular flexibility index (Phi) is 4.65. The van der Waals surface area contributed by atoms with Crippen LogP contribution in [0.4, 0.5) is 5.69 Å². The van der Waals surface area contributed by atoms with Crippen molar-refractivity contribution in [1.82, 2.24) is 10.6 Å². The van der Waals surface area contributed by atoms with Crippen LogP contribution in [-0.2, 0) is 0 Å². The van der Waals surface area contributed by atoms with Crippen LogP contribution < -0.4 is 16.0 Å². The molecule has 0 saturated heterocycles. The fourth-order valence-electron chi connectivity index (χ4n) is 2.86. The Bertz CT molecular complexity index is 940. The van der Waals surface area contributed by atoms with Crippen LogP contribution in [0.25, 0.3) is 0 Å². The molecule has 2 aromatic carbocycles. The molecule has 26 heavy (non-hydrogen) atoms. The molecule has 2 amide bonds. The van der Waals surface area contributed by atoms with Gasteiger partial charge in [0.15, 0.2) is 0 Å². The molecular formula is C19H17N3O2S2. The molecule has 132 valence electrons. The predicted octanol–water partition coefficient (Wildman–Crippen LogP) is 3.58. The van der Waals surface area contributed by atoms with E-state index in [0.29, 0.717) is 23.4 Å². The third-order valence-corrected chi connectivity index (χ3v) is 6.28. The van der Waals surface area contributed by atoms with Crippen LogP contribution >= 0.6 is 23.5 Å². The van der Waals surface area contributed by atoms with Gasteiger partial charge in [0.2, 0.25) is 0 Å². The van der Waals surface area contributed by atoms with E-state index >= 15 is 0 Å². The maximum absolute atomic E-state index is 12.6. The molecule has 2 aliphatic heterocycles. The maximum atomic E-state index is 12.6. The van der Waals surface area contributed by atoms with E-state index in [1.807, 2.05) is 43.5 Å². The van der Waals surface area contributed by atoms with Crippen molar-refractivity contribution in [2.45, 2.75) is 16.7 Å². The standard InChI is InChI=1S/C19H17N3O2S2/c1-11-6-17-15(22-19(24)13-4-2-3-5-16(13)26-17)7-14(11)18(23)21-9-12-8-20-10-25-12/h2-8,20H,9-10H2,1H3,(H,21,23)(H,22,24). The number of hydrogen-bond acceptors (Lipinski definition) is 5. The lowest BCUT2D eigenvalue weighted by atomic mass is 10.1. The normalized spacial score (nSPS) is 15.1. The number of anilines is 1. The predicted molar refractivity (Wildman–Crippen MR) is 106 cm³/mol. The van der Waals surface area contributed by atoms with Crippen molar-refractivity contribution < 1.29 is 9.59 Å². The summed E-state index contributed by atoms with van der Waals surface area (Å²) in [5.41, 5.74) is 2.78. The first-order chi connectivity index (χ1) is 12.6. The van der Waals surface area contributed by atoms with Gasteiger partial charge in [-0.25, -0.2) is 0 Å². The smallest absolute Gasteiger partial charge is 0.256 e. The molecule has 0 bridgehead atoms. The quantitative estimate of drug-likeness (QED) is 0.756. The second-order valence-corrected chi connectivity index (χ2v) is 8.19. The van der Waals surface area contributed by atoms with Crippen LogP contribution in [0.2, 0.25) is 0 Å². The summed E-state index contributed by atoms with van der Waals surface area (Å²) in [6, 6.07) is 11.2. The molecule has 0 radical (unpaired) electrons. The van der Waals surface area contributed by atoms with Gasteiger partial charge >= 0.3 is 0 Å². The zero-order chi connectivity index (χ0) is 18.1. The highest BCUT2D eigenvalue weighted by Gasteiger charge is 2.22. The molecule has 0 unspecified atom stereocenters. The minimum atomic E-state index is -0.152. The second kappa shape index (κ2) is 7.09. The summed E-state index contributed by atoms with van der Waals surface area (Å²) >= 11 is 3.22. The number of hydrogen-bond donors (Lipinski definition) is 3. The van der Waals surface area contributed by atoms with Crippen molar-refractivity contribution in [3.63, 3.8) is 0 Å². The van der Waals surface area contributed by atoms with Crippen LogP contribution in [0.5, 0.6) is 0 Å². The number of carbonyl (C=O) groups is 2. The summed E-state index contributed by atoms with van der Waals surface area (Å²) in [6.45, 7) is 2.42. The third kappa shape index (κ3) is 3.32. The lowest BCUT2D eigenvalue weighted by Gasteiger charge is -2.13. The van der Waals surface area contributed by atoms with Crippen LogP contribution in [0.3, 0.4) is 0 Å². The van der Waals surface area contributed by atoms with Crippen molar-refractivity contribution in [2.24, 2.45) is 0 Å². The van der Waals surface area contributed by atoms with Crippen molar-refractivity contribution in [3.05, 3.63) is 64.2 Å². The minimum Gasteiger partial charge on any atom is -0.381 e. The Morgan fingerprint density at radius 1 is 1.23 bits per heavy atom. The molecule has 5 nitrogen and oxygen atoms in total. The number of amides is 2. The number of thioether (sulfide) groups is 1. The summed E-state index contributed by atoms with van der Waals surface area (Å²) in [5.74, 6) is 0.549. The fourth-order valence-corrected chi connectivity index (χ4v) is 4.66.